The summed E-state index contributed by atoms with van der Waals surface area (Å²) in [4.78, 5) is 16.1. The number of aromatic nitrogens is 3. The van der Waals surface area contributed by atoms with E-state index in [-0.39, 0.29) is 5.91 Å². The number of nitrogens with zero attached hydrogens (tertiary/aromatic N) is 3. The van der Waals surface area contributed by atoms with E-state index >= 15 is 0 Å². The van der Waals surface area contributed by atoms with E-state index in [9.17, 15) is 4.79 Å². The molecule has 0 bridgehead atoms. The largest absolute Gasteiger partial charge is 0.296 e. The molecular weight excluding hydrogens is 272 g/mol. The molecule has 0 unspecified atom stereocenters. The van der Waals surface area contributed by atoms with Gasteiger partial charge in [0.2, 0.25) is 5.13 Å². The maximum absolute atomic E-state index is 12.0. The number of amides is 1. The van der Waals surface area contributed by atoms with E-state index in [2.05, 4.69) is 20.5 Å². The maximum atomic E-state index is 12.0. The van der Waals surface area contributed by atoms with Crippen LogP contribution in [-0.2, 0) is 6.42 Å². The predicted molar refractivity (Wildman–Crippen MR) is 71.1 cm³/mol. The lowest BCUT2D eigenvalue weighted by atomic mass is 10.1. The van der Waals surface area contributed by atoms with Crippen LogP contribution in [0.4, 0.5) is 5.13 Å². The summed E-state index contributed by atoms with van der Waals surface area (Å²) in [7, 11) is 0. The van der Waals surface area contributed by atoms with E-state index in [4.69, 9.17) is 11.6 Å². The highest BCUT2D eigenvalue weighted by Gasteiger charge is 2.10. The molecule has 0 aliphatic rings. The van der Waals surface area contributed by atoms with Crippen molar-refractivity contribution in [1.82, 2.24) is 15.2 Å². The van der Waals surface area contributed by atoms with Gasteiger partial charge in [0.1, 0.15) is 10.7 Å². The molecule has 94 valence electrons. The molecule has 0 radical (unpaired) electrons. The van der Waals surface area contributed by atoms with Crippen LogP contribution in [0.25, 0.3) is 0 Å². The van der Waals surface area contributed by atoms with Gasteiger partial charge in [-0.15, -0.1) is 10.2 Å². The molecule has 2 rings (SSSR count). The lowest BCUT2D eigenvalue weighted by Gasteiger charge is -2.04. The number of halogens is 1. The molecule has 0 aromatic carbocycles. The predicted octanol–water partition coefficient (Wildman–Crippen LogP) is 2.79. The first-order valence-electron chi connectivity index (χ1n) is 5.43. The fraction of sp³-hybridized carbons (Fsp3) is 0.273. The summed E-state index contributed by atoms with van der Waals surface area (Å²) >= 11 is 7.16. The number of pyridine rings is 1. The fourth-order valence-corrected chi connectivity index (χ4v) is 2.13. The molecule has 0 fully saturated rings. The zero-order valence-corrected chi connectivity index (χ0v) is 11.3. The highest BCUT2D eigenvalue weighted by Crippen LogP contribution is 2.15. The van der Waals surface area contributed by atoms with E-state index in [1.54, 1.807) is 11.6 Å². The zero-order chi connectivity index (χ0) is 13.0. The molecular formula is C11H11ClN4OS. The topological polar surface area (TPSA) is 67.8 Å². The second-order valence-corrected chi connectivity index (χ2v) is 4.84. The first-order chi connectivity index (χ1) is 8.69. The Labute approximate surface area is 113 Å². The molecule has 7 heteroatoms. The van der Waals surface area contributed by atoms with Crippen molar-refractivity contribution in [2.45, 2.75) is 19.8 Å². The van der Waals surface area contributed by atoms with Crippen molar-refractivity contribution in [2.24, 2.45) is 0 Å². The molecule has 18 heavy (non-hydrogen) atoms. The Balaban J connectivity index is 2.19. The van der Waals surface area contributed by atoms with Gasteiger partial charge in [-0.1, -0.05) is 36.3 Å². The molecule has 2 aromatic rings. The Morgan fingerprint density at radius 1 is 1.50 bits per heavy atom. The van der Waals surface area contributed by atoms with Crippen molar-refractivity contribution in [2.75, 3.05) is 5.32 Å². The molecule has 0 atom stereocenters. The van der Waals surface area contributed by atoms with Gasteiger partial charge in [0.25, 0.3) is 5.91 Å². The molecule has 0 spiro atoms. The van der Waals surface area contributed by atoms with Gasteiger partial charge in [0.15, 0.2) is 0 Å². The quantitative estimate of drug-likeness (QED) is 0.876. The zero-order valence-electron chi connectivity index (χ0n) is 9.68. The van der Waals surface area contributed by atoms with Gasteiger partial charge in [-0.2, -0.15) is 0 Å². The average Bonchev–Trinajstić information content (AvgIpc) is 2.81. The van der Waals surface area contributed by atoms with Gasteiger partial charge in [-0.25, -0.2) is 4.98 Å². The minimum atomic E-state index is -0.256. The average molecular weight is 283 g/mol. The summed E-state index contributed by atoms with van der Waals surface area (Å²) in [6, 6.07) is 3.28. The Morgan fingerprint density at radius 2 is 2.33 bits per heavy atom. The summed E-state index contributed by atoms with van der Waals surface area (Å²) in [6.45, 7) is 2.05. The number of rotatable bonds is 4. The van der Waals surface area contributed by atoms with Crippen LogP contribution in [0.3, 0.4) is 0 Å². The standard InChI is InChI=1S/C11H11ClN4OS/c1-2-3-8-4-7(5-9(12)14-8)10(17)15-11-16-13-6-18-11/h4-6H,2-3H2,1H3,(H,15,16,17). The van der Waals surface area contributed by atoms with E-state index in [1.807, 2.05) is 6.92 Å². The molecule has 2 aromatic heterocycles. The first kappa shape index (κ1) is 12.9. The van der Waals surface area contributed by atoms with Crippen molar-refractivity contribution in [3.8, 4) is 0 Å². The van der Waals surface area contributed by atoms with Crippen LogP contribution in [-0.4, -0.2) is 21.1 Å². The number of hydrogen-bond acceptors (Lipinski definition) is 5. The van der Waals surface area contributed by atoms with Crippen molar-refractivity contribution in [3.63, 3.8) is 0 Å². The monoisotopic (exact) mass is 282 g/mol. The molecule has 0 aliphatic carbocycles. The fourth-order valence-electron chi connectivity index (χ4n) is 1.46. The maximum Gasteiger partial charge on any atom is 0.257 e. The highest BCUT2D eigenvalue weighted by molar-refractivity contribution is 7.13. The summed E-state index contributed by atoms with van der Waals surface area (Å²) in [6.07, 6.45) is 1.74. The normalized spacial score (nSPS) is 10.3. The second kappa shape index (κ2) is 5.88. The number of carbonyl (C=O) groups excluding carboxylic acids is 1. The van der Waals surface area contributed by atoms with Gasteiger partial charge in [-0.05, 0) is 18.6 Å². The van der Waals surface area contributed by atoms with Gasteiger partial charge < -0.3 is 0 Å². The third-order valence-corrected chi connectivity index (χ3v) is 3.00. The van der Waals surface area contributed by atoms with Crippen LogP contribution >= 0.6 is 22.9 Å². The number of anilines is 1. The first-order valence-corrected chi connectivity index (χ1v) is 6.68. The Hall–Kier alpha value is -1.53. The summed E-state index contributed by atoms with van der Waals surface area (Å²) < 4.78 is 0. The molecule has 1 amide bonds. The van der Waals surface area contributed by atoms with E-state index in [0.717, 1.165) is 18.5 Å². The molecule has 5 nitrogen and oxygen atoms in total. The number of hydrogen-bond donors (Lipinski definition) is 1. The molecule has 0 saturated carbocycles. The van der Waals surface area contributed by atoms with Gasteiger partial charge in [-0.3, -0.25) is 10.1 Å². The van der Waals surface area contributed by atoms with E-state index in [0.29, 0.717) is 15.8 Å². The van der Waals surface area contributed by atoms with Gasteiger partial charge in [0, 0.05) is 11.3 Å². The molecule has 1 N–H and O–H groups in total. The van der Waals surface area contributed by atoms with Crippen LogP contribution in [0, 0.1) is 0 Å². The minimum absolute atomic E-state index is 0.256. The Kier molecular flexibility index (Phi) is 4.22. The lowest BCUT2D eigenvalue weighted by Crippen LogP contribution is -2.12. The summed E-state index contributed by atoms with van der Waals surface area (Å²) in [5.41, 5.74) is 2.85. The number of carbonyl (C=O) groups is 1. The van der Waals surface area contributed by atoms with Crippen LogP contribution in [0.15, 0.2) is 17.6 Å². The molecule has 2 heterocycles. The van der Waals surface area contributed by atoms with Crippen LogP contribution in [0.1, 0.15) is 29.4 Å². The molecule has 0 saturated heterocycles. The van der Waals surface area contributed by atoms with Crippen molar-refractivity contribution in [3.05, 3.63) is 34.1 Å². The summed E-state index contributed by atoms with van der Waals surface area (Å²) in [5.74, 6) is -0.256. The number of nitrogens with one attached hydrogen (secondary N) is 1. The van der Waals surface area contributed by atoms with Gasteiger partial charge in [0.05, 0.1) is 0 Å². The third-order valence-electron chi connectivity index (χ3n) is 2.20. The SMILES string of the molecule is CCCc1cc(C(=O)Nc2nncs2)cc(Cl)n1. The van der Waals surface area contributed by atoms with Crippen LogP contribution < -0.4 is 5.32 Å². The highest BCUT2D eigenvalue weighted by atomic mass is 35.5. The van der Waals surface area contributed by atoms with Gasteiger partial charge >= 0.3 is 0 Å². The lowest BCUT2D eigenvalue weighted by molar-refractivity contribution is 0.102. The smallest absolute Gasteiger partial charge is 0.257 e. The summed E-state index contributed by atoms with van der Waals surface area (Å²) in [5, 5.41) is 10.8. The molecule has 0 aliphatic heterocycles. The Bertz CT molecular complexity index is 544. The third kappa shape index (κ3) is 3.24. The van der Waals surface area contributed by atoms with Crippen molar-refractivity contribution >= 4 is 34.0 Å². The van der Waals surface area contributed by atoms with Crippen LogP contribution in [0.5, 0.6) is 0 Å². The number of aryl methyl sites for hydroxylation is 1. The second-order valence-electron chi connectivity index (χ2n) is 3.62. The van der Waals surface area contributed by atoms with Crippen molar-refractivity contribution in [1.29, 1.82) is 0 Å². The Morgan fingerprint density at radius 3 is 3.00 bits per heavy atom. The van der Waals surface area contributed by atoms with Crippen molar-refractivity contribution < 1.29 is 4.79 Å². The van der Waals surface area contributed by atoms with E-state index in [1.165, 1.54) is 17.4 Å². The van der Waals surface area contributed by atoms with Crippen LogP contribution in [0.2, 0.25) is 5.15 Å². The minimum Gasteiger partial charge on any atom is -0.296 e. The van der Waals surface area contributed by atoms with E-state index < -0.39 is 0 Å².